The molecule has 0 saturated heterocycles. The molecule has 0 atom stereocenters. The molecule has 0 fully saturated rings. The predicted molar refractivity (Wildman–Crippen MR) is 131 cm³/mol. The van der Waals surface area contributed by atoms with E-state index in [1.807, 2.05) is 71.6 Å². The van der Waals surface area contributed by atoms with E-state index < -0.39 is 0 Å². The van der Waals surface area contributed by atoms with E-state index in [9.17, 15) is 4.79 Å². The Morgan fingerprint density at radius 1 is 0.906 bits per heavy atom. The lowest BCUT2D eigenvalue weighted by molar-refractivity contribution is 0.0948. The molecule has 4 nitrogen and oxygen atoms in total. The van der Waals surface area contributed by atoms with Crippen LogP contribution in [0.5, 0.6) is 0 Å². The Morgan fingerprint density at radius 2 is 1.66 bits per heavy atom. The summed E-state index contributed by atoms with van der Waals surface area (Å²) in [6.07, 6.45) is 0. The van der Waals surface area contributed by atoms with Crippen LogP contribution in [0.3, 0.4) is 0 Å². The number of hydrogen-bond acceptors (Lipinski definition) is 5. The highest BCUT2D eigenvalue weighted by atomic mass is 32.2. The van der Waals surface area contributed by atoms with Crippen LogP contribution in [-0.4, -0.2) is 10.9 Å². The molecule has 0 aliphatic rings. The first-order chi connectivity index (χ1) is 15.8. The Bertz CT molecular complexity index is 1130. The molecular weight excluding hydrogens is 436 g/mol. The van der Waals surface area contributed by atoms with E-state index in [1.54, 1.807) is 23.1 Å². The van der Waals surface area contributed by atoms with Gasteiger partial charge in [0.05, 0.1) is 30.0 Å². The molecule has 1 aromatic heterocycles. The lowest BCUT2D eigenvalue weighted by Crippen LogP contribution is -2.23. The molecule has 162 valence electrons. The summed E-state index contributed by atoms with van der Waals surface area (Å²) >= 11 is 3.21. The number of carbonyl (C=O) groups is 1. The summed E-state index contributed by atoms with van der Waals surface area (Å²) in [6, 6.07) is 26.0. The molecule has 4 rings (SSSR count). The summed E-state index contributed by atoms with van der Waals surface area (Å²) in [7, 11) is 0. The van der Waals surface area contributed by atoms with Gasteiger partial charge in [0.1, 0.15) is 0 Å². The molecule has 1 amide bonds. The Kier molecular flexibility index (Phi) is 8.09. The molecule has 0 aliphatic heterocycles. The molecule has 1 N–H and O–H groups in total. The van der Waals surface area contributed by atoms with Crippen LogP contribution >= 0.6 is 23.1 Å². The zero-order valence-electron chi connectivity index (χ0n) is 17.6. The molecule has 32 heavy (non-hydrogen) atoms. The van der Waals surface area contributed by atoms with Crippen LogP contribution in [0.15, 0.2) is 94.6 Å². The van der Waals surface area contributed by atoms with Gasteiger partial charge in [-0.2, -0.15) is 0 Å². The second-order valence-corrected chi connectivity index (χ2v) is 8.98. The average molecular weight is 461 g/mol. The summed E-state index contributed by atoms with van der Waals surface area (Å²) in [5.74, 6) is 0.677. The number of thioether (sulfide) groups is 1. The van der Waals surface area contributed by atoms with Crippen LogP contribution in [0.2, 0.25) is 0 Å². The van der Waals surface area contributed by atoms with Crippen molar-refractivity contribution < 1.29 is 9.53 Å². The summed E-state index contributed by atoms with van der Waals surface area (Å²) in [5, 5.41) is 5.09. The number of amides is 1. The van der Waals surface area contributed by atoms with Gasteiger partial charge in [-0.25, -0.2) is 4.98 Å². The van der Waals surface area contributed by atoms with Crippen LogP contribution in [-0.2, 0) is 30.2 Å². The Balaban J connectivity index is 1.31. The minimum atomic E-state index is -0.0721. The lowest BCUT2D eigenvalue weighted by Gasteiger charge is -2.11. The van der Waals surface area contributed by atoms with E-state index >= 15 is 0 Å². The van der Waals surface area contributed by atoms with Gasteiger partial charge >= 0.3 is 0 Å². The fourth-order valence-electron chi connectivity index (χ4n) is 3.21. The number of hydrogen-bond donors (Lipinski definition) is 1. The van der Waals surface area contributed by atoms with Gasteiger partial charge in [-0.05, 0) is 28.8 Å². The van der Waals surface area contributed by atoms with Crippen molar-refractivity contribution in [3.8, 4) is 0 Å². The fourth-order valence-corrected chi connectivity index (χ4v) is 4.82. The number of benzene rings is 3. The maximum absolute atomic E-state index is 12.9. The third-order valence-corrected chi connectivity index (χ3v) is 6.56. The number of thiazole rings is 1. The number of carbonyl (C=O) groups excluding carboxylic acids is 1. The van der Waals surface area contributed by atoms with Gasteiger partial charge in [-0.1, -0.05) is 66.7 Å². The normalized spacial score (nSPS) is 10.8. The van der Waals surface area contributed by atoms with Crippen LogP contribution in [0.25, 0.3) is 0 Å². The highest BCUT2D eigenvalue weighted by molar-refractivity contribution is 7.98. The minimum absolute atomic E-state index is 0.0721. The molecule has 4 aromatic rings. The molecule has 0 bridgehead atoms. The van der Waals surface area contributed by atoms with Gasteiger partial charge in [0.25, 0.3) is 5.91 Å². The minimum Gasteiger partial charge on any atom is -0.372 e. The number of rotatable bonds is 10. The van der Waals surface area contributed by atoms with Gasteiger partial charge in [-0.3, -0.25) is 4.79 Å². The number of aromatic nitrogens is 1. The summed E-state index contributed by atoms with van der Waals surface area (Å²) in [4.78, 5) is 18.1. The molecular formula is C26H24N2O2S2. The van der Waals surface area contributed by atoms with E-state index in [0.717, 1.165) is 33.0 Å². The SMILES string of the molecule is O=C(NCc1cccc(COCc2ccccc2)c1)c1ccccc1SCc1cscn1. The van der Waals surface area contributed by atoms with Gasteiger partial charge in [-0.15, -0.1) is 23.1 Å². The standard InChI is InChI=1S/C26H24N2O2S2/c29-26(24-11-4-5-12-25(24)32-18-23-17-31-19-28-23)27-14-21-9-6-10-22(13-21)16-30-15-20-7-2-1-3-8-20/h1-13,17,19H,14-16,18H2,(H,27,29). The van der Waals surface area contributed by atoms with Crippen molar-refractivity contribution in [2.75, 3.05) is 0 Å². The number of ether oxygens (including phenoxy) is 1. The molecule has 0 radical (unpaired) electrons. The fraction of sp³-hybridized carbons (Fsp3) is 0.154. The highest BCUT2D eigenvalue weighted by Crippen LogP contribution is 2.26. The van der Waals surface area contributed by atoms with Crippen molar-refractivity contribution in [2.24, 2.45) is 0 Å². The van der Waals surface area contributed by atoms with E-state index in [4.69, 9.17) is 4.74 Å². The smallest absolute Gasteiger partial charge is 0.252 e. The Morgan fingerprint density at radius 3 is 2.50 bits per heavy atom. The van der Waals surface area contributed by atoms with Crippen molar-refractivity contribution in [1.29, 1.82) is 0 Å². The van der Waals surface area contributed by atoms with E-state index in [0.29, 0.717) is 25.3 Å². The monoisotopic (exact) mass is 460 g/mol. The van der Waals surface area contributed by atoms with Gasteiger partial charge < -0.3 is 10.1 Å². The molecule has 0 unspecified atom stereocenters. The third kappa shape index (κ3) is 6.53. The van der Waals surface area contributed by atoms with E-state index in [1.165, 1.54) is 0 Å². The van der Waals surface area contributed by atoms with Crippen molar-refractivity contribution in [3.05, 3.63) is 118 Å². The zero-order chi connectivity index (χ0) is 22.0. The predicted octanol–water partition coefficient (Wildman–Crippen LogP) is 6.08. The summed E-state index contributed by atoms with van der Waals surface area (Å²) < 4.78 is 5.83. The third-order valence-electron chi connectivity index (χ3n) is 4.82. The molecule has 0 saturated carbocycles. The largest absolute Gasteiger partial charge is 0.372 e. The van der Waals surface area contributed by atoms with Crippen molar-refractivity contribution >= 4 is 29.0 Å². The van der Waals surface area contributed by atoms with Crippen LogP contribution in [0, 0.1) is 0 Å². The van der Waals surface area contributed by atoms with Crippen LogP contribution < -0.4 is 5.32 Å². The Labute approximate surface area is 196 Å². The maximum Gasteiger partial charge on any atom is 0.252 e. The van der Waals surface area contributed by atoms with Crippen molar-refractivity contribution in [2.45, 2.75) is 30.4 Å². The van der Waals surface area contributed by atoms with Gasteiger partial charge in [0, 0.05) is 22.6 Å². The van der Waals surface area contributed by atoms with Gasteiger partial charge in [0.2, 0.25) is 0 Å². The zero-order valence-corrected chi connectivity index (χ0v) is 19.2. The molecule has 6 heteroatoms. The van der Waals surface area contributed by atoms with Crippen LogP contribution in [0.1, 0.15) is 32.7 Å². The first-order valence-electron chi connectivity index (χ1n) is 10.3. The molecule has 0 aliphatic carbocycles. The first kappa shape index (κ1) is 22.3. The molecule has 0 spiro atoms. The first-order valence-corrected chi connectivity index (χ1v) is 12.3. The second kappa shape index (κ2) is 11.6. The van der Waals surface area contributed by atoms with Crippen LogP contribution in [0.4, 0.5) is 0 Å². The second-order valence-electron chi connectivity index (χ2n) is 7.25. The van der Waals surface area contributed by atoms with Crippen molar-refractivity contribution in [1.82, 2.24) is 10.3 Å². The topological polar surface area (TPSA) is 51.2 Å². The quantitative estimate of drug-likeness (QED) is 0.291. The Hall–Kier alpha value is -2.93. The maximum atomic E-state index is 12.9. The van der Waals surface area contributed by atoms with E-state index in [2.05, 4.69) is 28.5 Å². The average Bonchev–Trinajstić information content (AvgIpc) is 3.36. The number of nitrogens with zero attached hydrogens (tertiary/aromatic N) is 1. The molecule has 1 heterocycles. The van der Waals surface area contributed by atoms with Gasteiger partial charge in [0.15, 0.2) is 0 Å². The van der Waals surface area contributed by atoms with Crippen molar-refractivity contribution in [3.63, 3.8) is 0 Å². The summed E-state index contributed by atoms with van der Waals surface area (Å²) in [6.45, 7) is 1.58. The number of nitrogens with one attached hydrogen (secondary N) is 1. The lowest BCUT2D eigenvalue weighted by atomic mass is 10.1. The summed E-state index contributed by atoms with van der Waals surface area (Å²) in [5.41, 5.74) is 6.84. The highest BCUT2D eigenvalue weighted by Gasteiger charge is 2.12. The molecule has 3 aromatic carbocycles. The van der Waals surface area contributed by atoms with E-state index in [-0.39, 0.29) is 5.91 Å².